The zero-order valence-corrected chi connectivity index (χ0v) is 15.0. The summed E-state index contributed by atoms with van der Waals surface area (Å²) in [7, 11) is 1.82. The molecule has 0 fully saturated rings. The fraction of sp³-hybridized carbons (Fsp3) is 0.211. The highest BCUT2D eigenvalue weighted by Gasteiger charge is 2.30. The predicted molar refractivity (Wildman–Crippen MR) is 99.1 cm³/mol. The van der Waals surface area contributed by atoms with Crippen LogP contribution in [0.15, 0.2) is 54.9 Å². The molecule has 0 aliphatic rings. The molecule has 0 saturated heterocycles. The van der Waals surface area contributed by atoms with Crippen molar-refractivity contribution >= 4 is 23.1 Å². The summed E-state index contributed by atoms with van der Waals surface area (Å²) in [5, 5.41) is 9.77. The van der Waals surface area contributed by atoms with Crippen LogP contribution in [0.3, 0.4) is 0 Å². The number of alkyl halides is 3. The molecule has 0 radical (unpaired) electrons. The third-order valence-corrected chi connectivity index (χ3v) is 4.06. The van der Waals surface area contributed by atoms with E-state index >= 15 is 0 Å². The van der Waals surface area contributed by atoms with Gasteiger partial charge in [0.15, 0.2) is 0 Å². The molecule has 28 heavy (non-hydrogen) atoms. The van der Waals surface area contributed by atoms with E-state index < -0.39 is 11.7 Å². The van der Waals surface area contributed by atoms with Gasteiger partial charge in [-0.1, -0.05) is 0 Å². The average Bonchev–Trinajstić information content (AvgIpc) is 3.06. The van der Waals surface area contributed by atoms with E-state index in [0.29, 0.717) is 30.0 Å². The molecular formula is C19H18F3N5O. The quantitative estimate of drug-likeness (QED) is 0.664. The maximum absolute atomic E-state index is 12.6. The number of hydrogen-bond donors (Lipinski definition) is 2. The molecule has 0 aliphatic carbocycles. The molecule has 9 heteroatoms. The highest BCUT2D eigenvalue weighted by atomic mass is 19.4. The summed E-state index contributed by atoms with van der Waals surface area (Å²) < 4.78 is 39.4. The zero-order chi connectivity index (χ0) is 20.1. The topological polar surface area (TPSA) is 71.8 Å². The number of halogens is 3. The van der Waals surface area contributed by atoms with Crippen molar-refractivity contribution in [2.24, 2.45) is 7.05 Å². The van der Waals surface area contributed by atoms with E-state index in [1.165, 1.54) is 6.07 Å². The van der Waals surface area contributed by atoms with Crippen LogP contribution in [0.5, 0.6) is 0 Å². The van der Waals surface area contributed by atoms with Crippen molar-refractivity contribution in [2.45, 2.75) is 19.0 Å². The lowest BCUT2D eigenvalue weighted by Crippen LogP contribution is -2.13. The van der Waals surface area contributed by atoms with Crippen LogP contribution in [-0.4, -0.2) is 20.7 Å². The molecule has 1 aromatic carbocycles. The fourth-order valence-corrected chi connectivity index (χ4v) is 2.53. The lowest BCUT2D eigenvalue weighted by atomic mass is 10.2. The van der Waals surface area contributed by atoms with Gasteiger partial charge in [-0.15, -0.1) is 0 Å². The number of aromatic nitrogens is 3. The number of anilines is 3. The van der Waals surface area contributed by atoms with Gasteiger partial charge in [-0.25, -0.2) is 4.98 Å². The van der Waals surface area contributed by atoms with Gasteiger partial charge in [-0.05, 0) is 48.9 Å². The maximum atomic E-state index is 12.6. The van der Waals surface area contributed by atoms with Gasteiger partial charge >= 0.3 is 6.18 Å². The molecule has 2 heterocycles. The van der Waals surface area contributed by atoms with Gasteiger partial charge in [-0.3, -0.25) is 9.48 Å². The van der Waals surface area contributed by atoms with E-state index in [9.17, 15) is 18.0 Å². The standard InChI is InChI=1S/C19H18F3N5O/c1-27-16(10-11-24-27)7-9-18(28)26-15-5-3-14(4-6-15)25-17-8-2-13(12-23-17)19(20,21)22/h2-6,8,10-12H,7,9H2,1H3,(H,23,25)(H,26,28). The summed E-state index contributed by atoms with van der Waals surface area (Å²) in [6.07, 6.45) is -1.04. The minimum atomic E-state index is -4.41. The second kappa shape index (κ2) is 8.12. The van der Waals surface area contributed by atoms with Gasteiger partial charge in [0.05, 0.1) is 5.56 Å². The number of nitrogens with one attached hydrogen (secondary N) is 2. The molecule has 2 N–H and O–H groups in total. The monoisotopic (exact) mass is 389 g/mol. The highest BCUT2D eigenvalue weighted by Crippen LogP contribution is 2.29. The molecule has 3 rings (SSSR count). The van der Waals surface area contributed by atoms with Crippen LogP contribution >= 0.6 is 0 Å². The van der Waals surface area contributed by atoms with Gasteiger partial charge in [0.1, 0.15) is 5.82 Å². The van der Waals surface area contributed by atoms with Gasteiger partial charge in [0, 0.05) is 42.9 Å². The van der Waals surface area contributed by atoms with E-state index in [1.807, 2.05) is 13.1 Å². The third-order valence-electron chi connectivity index (χ3n) is 4.06. The number of carbonyl (C=O) groups is 1. The minimum Gasteiger partial charge on any atom is -0.340 e. The number of carbonyl (C=O) groups excluding carboxylic acids is 1. The second-order valence-corrected chi connectivity index (χ2v) is 6.13. The van der Waals surface area contributed by atoms with Gasteiger partial charge in [-0.2, -0.15) is 18.3 Å². The molecule has 0 saturated carbocycles. The molecule has 0 atom stereocenters. The Hall–Kier alpha value is -3.36. The lowest BCUT2D eigenvalue weighted by Gasteiger charge is -2.10. The number of hydrogen-bond acceptors (Lipinski definition) is 4. The Morgan fingerprint density at radius 1 is 1.07 bits per heavy atom. The molecule has 3 aromatic rings. The summed E-state index contributed by atoms with van der Waals surface area (Å²) in [6.45, 7) is 0. The molecule has 0 bridgehead atoms. The Morgan fingerprint density at radius 2 is 1.79 bits per heavy atom. The zero-order valence-electron chi connectivity index (χ0n) is 15.0. The normalized spacial score (nSPS) is 11.3. The first-order chi connectivity index (χ1) is 13.3. The summed E-state index contributed by atoms with van der Waals surface area (Å²) in [6, 6.07) is 10.9. The van der Waals surface area contributed by atoms with Crippen LogP contribution in [0.1, 0.15) is 17.7 Å². The molecule has 146 valence electrons. The number of benzene rings is 1. The summed E-state index contributed by atoms with van der Waals surface area (Å²) in [5.74, 6) is 0.173. The van der Waals surface area contributed by atoms with Gasteiger partial charge < -0.3 is 10.6 Å². The largest absolute Gasteiger partial charge is 0.417 e. The summed E-state index contributed by atoms with van der Waals surface area (Å²) in [4.78, 5) is 15.8. The van der Waals surface area contributed by atoms with Crippen molar-refractivity contribution in [2.75, 3.05) is 10.6 Å². The second-order valence-electron chi connectivity index (χ2n) is 6.13. The Kier molecular flexibility index (Phi) is 5.62. The van der Waals surface area contributed by atoms with E-state index in [-0.39, 0.29) is 5.91 Å². The molecule has 1 amide bonds. The number of rotatable bonds is 6. The van der Waals surface area contributed by atoms with Crippen LogP contribution in [0.4, 0.5) is 30.4 Å². The van der Waals surface area contributed by atoms with Gasteiger partial charge in [0.2, 0.25) is 5.91 Å². The Balaban J connectivity index is 1.53. The molecule has 0 aliphatic heterocycles. The van der Waals surface area contributed by atoms with Crippen molar-refractivity contribution in [3.63, 3.8) is 0 Å². The summed E-state index contributed by atoms with van der Waals surface area (Å²) in [5.41, 5.74) is 1.43. The molecule has 2 aromatic heterocycles. The van der Waals surface area contributed by atoms with Crippen LogP contribution in [0.2, 0.25) is 0 Å². The number of amides is 1. The van der Waals surface area contributed by atoms with Crippen molar-refractivity contribution in [3.8, 4) is 0 Å². The van der Waals surface area contributed by atoms with Crippen LogP contribution in [0.25, 0.3) is 0 Å². The predicted octanol–water partition coefficient (Wildman–Crippen LogP) is 4.15. The SMILES string of the molecule is Cn1nccc1CCC(=O)Nc1ccc(Nc2ccc(C(F)(F)F)cn2)cc1. The Labute approximate surface area is 159 Å². The lowest BCUT2D eigenvalue weighted by molar-refractivity contribution is -0.137. The molecule has 0 unspecified atom stereocenters. The van der Waals surface area contributed by atoms with Crippen molar-refractivity contribution < 1.29 is 18.0 Å². The minimum absolute atomic E-state index is 0.119. The average molecular weight is 389 g/mol. The van der Waals surface area contributed by atoms with Crippen LogP contribution in [-0.2, 0) is 24.4 Å². The number of nitrogens with zero attached hydrogens (tertiary/aromatic N) is 3. The Bertz CT molecular complexity index is 933. The smallest absolute Gasteiger partial charge is 0.340 e. The van der Waals surface area contributed by atoms with Crippen LogP contribution < -0.4 is 10.6 Å². The Morgan fingerprint density at radius 3 is 2.36 bits per heavy atom. The fourth-order valence-electron chi connectivity index (χ4n) is 2.53. The third kappa shape index (κ3) is 5.09. The first-order valence-corrected chi connectivity index (χ1v) is 8.48. The number of aryl methyl sites for hydroxylation is 2. The van der Waals surface area contributed by atoms with Crippen molar-refractivity contribution in [1.29, 1.82) is 0 Å². The molecule has 6 nitrogen and oxygen atoms in total. The van der Waals surface area contributed by atoms with Crippen molar-refractivity contribution in [3.05, 3.63) is 66.1 Å². The first kappa shape index (κ1) is 19.4. The van der Waals surface area contributed by atoms with Crippen molar-refractivity contribution in [1.82, 2.24) is 14.8 Å². The molecular weight excluding hydrogens is 371 g/mol. The van der Waals surface area contributed by atoms with E-state index in [4.69, 9.17) is 0 Å². The maximum Gasteiger partial charge on any atom is 0.417 e. The summed E-state index contributed by atoms with van der Waals surface area (Å²) >= 11 is 0. The van der Waals surface area contributed by atoms with E-state index in [0.717, 1.165) is 18.0 Å². The van der Waals surface area contributed by atoms with Crippen LogP contribution in [0, 0.1) is 0 Å². The van der Waals surface area contributed by atoms with E-state index in [1.54, 1.807) is 35.1 Å². The number of pyridine rings is 1. The van der Waals surface area contributed by atoms with Gasteiger partial charge in [0.25, 0.3) is 0 Å². The highest BCUT2D eigenvalue weighted by molar-refractivity contribution is 5.91. The van der Waals surface area contributed by atoms with E-state index in [2.05, 4.69) is 20.7 Å². The molecule has 0 spiro atoms. The first-order valence-electron chi connectivity index (χ1n) is 8.48.